The van der Waals surface area contributed by atoms with Crippen molar-refractivity contribution in [1.29, 1.82) is 0 Å². The fraction of sp³-hybridized carbons (Fsp3) is 0.526. The lowest BCUT2D eigenvalue weighted by Gasteiger charge is -2.24. The van der Waals surface area contributed by atoms with Crippen molar-refractivity contribution < 1.29 is 9.90 Å². The third-order valence-electron chi connectivity index (χ3n) is 5.11. The third-order valence-corrected chi connectivity index (χ3v) is 5.11. The average Bonchev–Trinajstić information content (AvgIpc) is 2.84. The van der Waals surface area contributed by atoms with Crippen LogP contribution in [0.25, 0.3) is 10.9 Å². The van der Waals surface area contributed by atoms with Crippen LogP contribution in [0.3, 0.4) is 0 Å². The standard InChI is InChI=1S/C19H27N3O2/c1-13-6-7-14-15-12-21(2)11-8-16(15)22(10-5-3-4-9-20)18(14)17(13)19(23)24/h6-7H,3-5,8-12,20H2,1-2H3,(H,23,24). The van der Waals surface area contributed by atoms with E-state index >= 15 is 0 Å². The van der Waals surface area contributed by atoms with Crippen LogP contribution in [0.2, 0.25) is 0 Å². The number of rotatable bonds is 6. The summed E-state index contributed by atoms with van der Waals surface area (Å²) in [6.07, 6.45) is 4.12. The zero-order valence-electron chi connectivity index (χ0n) is 14.6. The Kier molecular flexibility index (Phi) is 4.92. The minimum absolute atomic E-state index is 0.461. The summed E-state index contributed by atoms with van der Waals surface area (Å²) in [7, 11) is 2.12. The molecular weight excluding hydrogens is 302 g/mol. The highest BCUT2D eigenvalue weighted by atomic mass is 16.4. The zero-order chi connectivity index (χ0) is 17.3. The van der Waals surface area contributed by atoms with Crippen LogP contribution in [0.15, 0.2) is 12.1 Å². The third kappa shape index (κ3) is 2.94. The van der Waals surface area contributed by atoms with E-state index in [0.29, 0.717) is 5.56 Å². The van der Waals surface area contributed by atoms with Crippen LogP contribution < -0.4 is 5.73 Å². The van der Waals surface area contributed by atoms with E-state index in [1.165, 1.54) is 11.3 Å². The van der Waals surface area contributed by atoms with Crippen LogP contribution >= 0.6 is 0 Å². The van der Waals surface area contributed by atoms with Gasteiger partial charge in [0.15, 0.2) is 0 Å². The van der Waals surface area contributed by atoms with Crippen molar-refractivity contribution in [2.24, 2.45) is 5.73 Å². The number of aromatic carboxylic acids is 1. The van der Waals surface area contributed by atoms with Gasteiger partial charge >= 0.3 is 5.97 Å². The van der Waals surface area contributed by atoms with E-state index < -0.39 is 5.97 Å². The smallest absolute Gasteiger partial charge is 0.338 e. The molecule has 130 valence electrons. The molecule has 3 rings (SSSR count). The second-order valence-corrected chi connectivity index (χ2v) is 6.87. The predicted octanol–water partition coefficient (Wildman–Crippen LogP) is 2.76. The molecule has 1 aliphatic heterocycles. The highest BCUT2D eigenvalue weighted by Crippen LogP contribution is 2.34. The van der Waals surface area contributed by atoms with Crippen molar-refractivity contribution in [1.82, 2.24) is 9.47 Å². The first-order chi connectivity index (χ1) is 11.5. The SMILES string of the molecule is Cc1ccc2c3c(n(CCCCCN)c2c1C(=O)O)CCN(C)C3. The maximum atomic E-state index is 11.9. The number of carboxylic acid groups (broad SMARTS) is 1. The van der Waals surface area contributed by atoms with Crippen LogP contribution in [0.4, 0.5) is 0 Å². The molecule has 1 aliphatic rings. The quantitative estimate of drug-likeness (QED) is 0.800. The zero-order valence-corrected chi connectivity index (χ0v) is 14.6. The largest absolute Gasteiger partial charge is 0.478 e. The molecule has 0 aliphatic carbocycles. The second kappa shape index (κ2) is 6.95. The lowest BCUT2D eigenvalue weighted by molar-refractivity contribution is 0.0698. The van der Waals surface area contributed by atoms with Crippen LogP contribution in [0.5, 0.6) is 0 Å². The van der Waals surface area contributed by atoms with E-state index in [1.807, 2.05) is 13.0 Å². The number of aromatic nitrogens is 1. The van der Waals surface area contributed by atoms with Crippen molar-refractivity contribution >= 4 is 16.9 Å². The summed E-state index contributed by atoms with van der Waals surface area (Å²) in [5.41, 5.74) is 10.4. The minimum Gasteiger partial charge on any atom is -0.478 e. The number of fused-ring (bicyclic) bond motifs is 3. The first kappa shape index (κ1) is 17.0. The molecule has 0 bridgehead atoms. The van der Waals surface area contributed by atoms with Gasteiger partial charge in [-0.1, -0.05) is 18.6 Å². The molecule has 5 nitrogen and oxygen atoms in total. The number of likely N-dealkylation sites (N-methyl/N-ethyl adjacent to an activating group) is 1. The number of aryl methyl sites for hydroxylation is 2. The van der Waals surface area contributed by atoms with Gasteiger partial charge in [-0.05, 0) is 44.5 Å². The molecular formula is C19H27N3O2. The second-order valence-electron chi connectivity index (χ2n) is 6.87. The highest BCUT2D eigenvalue weighted by Gasteiger charge is 2.26. The molecule has 0 amide bonds. The molecule has 0 fully saturated rings. The van der Waals surface area contributed by atoms with Crippen LogP contribution in [-0.2, 0) is 19.5 Å². The molecule has 0 atom stereocenters. The van der Waals surface area contributed by atoms with Gasteiger partial charge in [0.25, 0.3) is 0 Å². The first-order valence-corrected chi connectivity index (χ1v) is 8.80. The minimum atomic E-state index is -0.829. The van der Waals surface area contributed by atoms with Crippen molar-refractivity contribution in [3.8, 4) is 0 Å². The maximum Gasteiger partial charge on any atom is 0.338 e. The van der Waals surface area contributed by atoms with Gasteiger partial charge in [-0.15, -0.1) is 0 Å². The summed E-state index contributed by atoms with van der Waals surface area (Å²) in [4.78, 5) is 14.2. The van der Waals surface area contributed by atoms with E-state index in [0.717, 1.165) is 68.3 Å². The summed E-state index contributed by atoms with van der Waals surface area (Å²) in [6, 6.07) is 4.05. The van der Waals surface area contributed by atoms with Gasteiger partial charge in [-0.2, -0.15) is 0 Å². The average molecular weight is 329 g/mol. The Balaban J connectivity index is 2.15. The van der Waals surface area contributed by atoms with Crippen LogP contribution in [0.1, 0.15) is 46.4 Å². The number of hydrogen-bond acceptors (Lipinski definition) is 3. The Labute approximate surface area is 143 Å². The van der Waals surface area contributed by atoms with Gasteiger partial charge in [-0.25, -0.2) is 4.79 Å². The van der Waals surface area contributed by atoms with Gasteiger partial charge in [-0.3, -0.25) is 0 Å². The Morgan fingerprint density at radius 3 is 2.79 bits per heavy atom. The number of nitrogens with two attached hydrogens (primary N) is 1. The molecule has 0 unspecified atom stereocenters. The molecule has 3 N–H and O–H groups in total. The van der Waals surface area contributed by atoms with E-state index in [4.69, 9.17) is 5.73 Å². The maximum absolute atomic E-state index is 11.9. The monoisotopic (exact) mass is 329 g/mol. The predicted molar refractivity (Wildman–Crippen MR) is 96.6 cm³/mol. The Bertz CT molecular complexity index is 764. The Morgan fingerprint density at radius 2 is 2.08 bits per heavy atom. The number of nitrogens with zero attached hydrogens (tertiary/aromatic N) is 2. The lowest BCUT2D eigenvalue weighted by Crippen LogP contribution is -2.27. The lowest BCUT2D eigenvalue weighted by atomic mass is 10.0. The molecule has 1 aromatic heterocycles. The first-order valence-electron chi connectivity index (χ1n) is 8.80. The van der Waals surface area contributed by atoms with Crippen molar-refractivity contribution in [3.63, 3.8) is 0 Å². The van der Waals surface area contributed by atoms with Gasteiger partial charge in [0, 0.05) is 37.1 Å². The van der Waals surface area contributed by atoms with Crippen molar-refractivity contribution in [3.05, 3.63) is 34.5 Å². The molecule has 5 heteroatoms. The molecule has 2 aromatic rings. The fourth-order valence-corrected chi connectivity index (χ4v) is 3.88. The number of hydrogen-bond donors (Lipinski definition) is 2. The van der Waals surface area contributed by atoms with E-state index in [2.05, 4.69) is 22.6 Å². The molecule has 2 heterocycles. The van der Waals surface area contributed by atoms with Gasteiger partial charge in [0.05, 0.1) is 11.1 Å². The van der Waals surface area contributed by atoms with Gasteiger partial charge in [0.2, 0.25) is 0 Å². The summed E-state index contributed by atoms with van der Waals surface area (Å²) in [5.74, 6) is -0.829. The van der Waals surface area contributed by atoms with Crippen molar-refractivity contribution in [2.45, 2.75) is 45.7 Å². The number of carbonyl (C=O) groups is 1. The Hall–Kier alpha value is -1.85. The van der Waals surface area contributed by atoms with Crippen LogP contribution in [0, 0.1) is 6.92 Å². The number of benzene rings is 1. The molecule has 0 saturated heterocycles. The van der Waals surface area contributed by atoms with Gasteiger partial charge in [0.1, 0.15) is 0 Å². The van der Waals surface area contributed by atoms with E-state index in [-0.39, 0.29) is 0 Å². The summed E-state index contributed by atoms with van der Waals surface area (Å²) >= 11 is 0. The molecule has 0 spiro atoms. The topological polar surface area (TPSA) is 71.5 Å². The molecule has 0 saturated carbocycles. The fourth-order valence-electron chi connectivity index (χ4n) is 3.88. The normalized spacial score (nSPS) is 15.0. The number of carboxylic acids is 1. The summed E-state index contributed by atoms with van der Waals surface area (Å²) in [5, 5.41) is 10.9. The molecule has 0 radical (unpaired) electrons. The van der Waals surface area contributed by atoms with Crippen LogP contribution in [-0.4, -0.2) is 40.7 Å². The van der Waals surface area contributed by atoms with E-state index in [9.17, 15) is 9.90 Å². The molecule has 1 aromatic carbocycles. The van der Waals surface area contributed by atoms with Gasteiger partial charge < -0.3 is 20.3 Å². The van der Waals surface area contributed by atoms with E-state index in [1.54, 1.807) is 0 Å². The summed E-state index contributed by atoms with van der Waals surface area (Å²) < 4.78 is 2.28. The molecule has 24 heavy (non-hydrogen) atoms. The summed E-state index contributed by atoms with van der Waals surface area (Å²) in [6.45, 7) is 5.39. The number of unbranched alkanes of at least 4 members (excludes halogenated alkanes) is 2. The Morgan fingerprint density at radius 1 is 1.29 bits per heavy atom. The highest BCUT2D eigenvalue weighted by molar-refractivity contribution is 6.05. The van der Waals surface area contributed by atoms with Crippen molar-refractivity contribution in [2.75, 3.05) is 20.1 Å².